The molecule has 0 radical (unpaired) electrons. The topological polar surface area (TPSA) is 54.7 Å². The van der Waals surface area contributed by atoms with Crippen molar-refractivity contribution < 1.29 is 4.74 Å². The lowest BCUT2D eigenvalue weighted by molar-refractivity contribution is 0.182. The fourth-order valence-corrected chi connectivity index (χ4v) is 4.23. The molecular weight excluding hydrogens is 501 g/mol. The number of halogens is 1. The van der Waals surface area contributed by atoms with E-state index < -0.39 is 0 Å². The van der Waals surface area contributed by atoms with Gasteiger partial charge in [-0.15, -0.1) is 24.0 Å². The Morgan fingerprint density at radius 1 is 1.19 bits per heavy atom. The van der Waals surface area contributed by atoms with E-state index in [0.717, 1.165) is 43.8 Å². The fourth-order valence-electron chi connectivity index (χ4n) is 4.23. The van der Waals surface area contributed by atoms with Crippen molar-refractivity contribution in [2.24, 2.45) is 10.9 Å². The maximum Gasteiger partial charge on any atom is 0.194 e. The highest BCUT2D eigenvalue weighted by Crippen LogP contribution is 2.22. The van der Waals surface area contributed by atoms with Crippen LogP contribution in [-0.2, 0) is 24.2 Å². The Morgan fingerprint density at radius 2 is 1.90 bits per heavy atom. The number of rotatable bonds is 8. The first kappa shape index (κ1) is 25.6. The summed E-state index contributed by atoms with van der Waals surface area (Å²) in [7, 11) is 1.72. The molecule has 1 aromatic carbocycles. The van der Waals surface area contributed by atoms with Crippen LogP contribution in [0.3, 0.4) is 0 Å². The van der Waals surface area contributed by atoms with E-state index in [2.05, 4.69) is 66.4 Å². The van der Waals surface area contributed by atoms with Gasteiger partial charge in [0.2, 0.25) is 0 Å². The molecule has 1 aliphatic rings. The molecule has 0 amide bonds. The van der Waals surface area contributed by atoms with Crippen molar-refractivity contribution in [3.63, 3.8) is 0 Å². The summed E-state index contributed by atoms with van der Waals surface area (Å²) in [5, 5.41) is 8.16. The Balaban J connectivity index is 0.00000341. The minimum atomic E-state index is 0. The highest BCUT2D eigenvalue weighted by molar-refractivity contribution is 14.0. The number of guanidine groups is 1. The number of benzene rings is 1. The average molecular weight is 540 g/mol. The van der Waals surface area contributed by atoms with Gasteiger partial charge in [-0.1, -0.05) is 30.3 Å². The van der Waals surface area contributed by atoms with Gasteiger partial charge in [-0.25, -0.2) is 4.99 Å². The van der Waals surface area contributed by atoms with Gasteiger partial charge in [0.25, 0.3) is 0 Å². The van der Waals surface area contributed by atoms with Gasteiger partial charge >= 0.3 is 0 Å². The number of nitrogens with one attached hydrogen (secondary N) is 1. The molecule has 3 rings (SSSR count). The Hall–Kier alpha value is -1.61. The van der Waals surface area contributed by atoms with Crippen LogP contribution in [0.4, 0.5) is 0 Å². The molecule has 2 heterocycles. The summed E-state index contributed by atoms with van der Waals surface area (Å²) < 4.78 is 7.23. The van der Waals surface area contributed by atoms with Gasteiger partial charge < -0.3 is 15.0 Å². The minimum absolute atomic E-state index is 0. The van der Waals surface area contributed by atoms with E-state index in [9.17, 15) is 0 Å². The molecule has 0 bridgehead atoms. The summed E-state index contributed by atoms with van der Waals surface area (Å²) in [5.41, 5.74) is 4.92. The summed E-state index contributed by atoms with van der Waals surface area (Å²) in [6.45, 7) is 11.5. The molecule has 7 heteroatoms. The third kappa shape index (κ3) is 7.20. The van der Waals surface area contributed by atoms with Gasteiger partial charge in [-0.05, 0) is 51.5 Å². The number of nitrogens with zero attached hydrogens (tertiary/aromatic N) is 4. The SMILES string of the molecule is CCNC(=NCc1c(C)nn(CCOC)c1C)N1CCC(Cc2ccccc2)CC1.I. The first-order valence-electron chi connectivity index (χ1n) is 11.2. The number of aryl methyl sites for hydroxylation is 1. The Morgan fingerprint density at radius 3 is 2.55 bits per heavy atom. The summed E-state index contributed by atoms with van der Waals surface area (Å²) in [6.07, 6.45) is 3.61. The molecule has 0 spiro atoms. The zero-order valence-electron chi connectivity index (χ0n) is 19.4. The van der Waals surface area contributed by atoms with Crippen molar-refractivity contribution in [1.82, 2.24) is 20.0 Å². The number of likely N-dealkylation sites (tertiary alicyclic amines) is 1. The molecule has 0 unspecified atom stereocenters. The average Bonchev–Trinajstić information content (AvgIpc) is 3.03. The maximum absolute atomic E-state index is 5.20. The first-order valence-corrected chi connectivity index (χ1v) is 11.2. The minimum Gasteiger partial charge on any atom is -0.383 e. The van der Waals surface area contributed by atoms with Crippen molar-refractivity contribution in [2.45, 2.75) is 53.1 Å². The summed E-state index contributed by atoms with van der Waals surface area (Å²) in [5.74, 6) is 1.79. The lowest BCUT2D eigenvalue weighted by Crippen LogP contribution is -2.45. The van der Waals surface area contributed by atoms with Crippen LogP contribution in [0.1, 0.15) is 42.3 Å². The molecule has 0 atom stereocenters. The zero-order valence-corrected chi connectivity index (χ0v) is 21.8. The van der Waals surface area contributed by atoms with E-state index in [1.54, 1.807) is 7.11 Å². The molecule has 1 aromatic heterocycles. The highest BCUT2D eigenvalue weighted by Gasteiger charge is 2.22. The number of piperidine rings is 1. The van der Waals surface area contributed by atoms with E-state index in [1.165, 1.54) is 36.1 Å². The van der Waals surface area contributed by atoms with E-state index in [-0.39, 0.29) is 24.0 Å². The number of methoxy groups -OCH3 is 1. The van der Waals surface area contributed by atoms with E-state index in [0.29, 0.717) is 13.2 Å². The van der Waals surface area contributed by atoms with Gasteiger partial charge in [0.1, 0.15) is 0 Å². The number of ether oxygens (including phenoxy) is 1. The predicted octanol–water partition coefficient (Wildman–Crippen LogP) is 4.18. The van der Waals surface area contributed by atoms with Crippen LogP contribution in [0.25, 0.3) is 0 Å². The third-order valence-electron chi connectivity index (χ3n) is 6.04. The smallest absolute Gasteiger partial charge is 0.194 e. The van der Waals surface area contributed by atoms with Crippen LogP contribution in [0.5, 0.6) is 0 Å². The molecule has 1 aliphatic heterocycles. The molecule has 0 aliphatic carbocycles. The molecule has 1 N–H and O–H groups in total. The van der Waals surface area contributed by atoms with Crippen LogP contribution in [-0.4, -0.2) is 54.0 Å². The second-order valence-corrected chi connectivity index (χ2v) is 8.16. The lowest BCUT2D eigenvalue weighted by atomic mass is 9.90. The molecule has 1 fully saturated rings. The van der Waals surface area contributed by atoms with Crippen LogP contribution in [0.2, 0.25) is 0 Å². The highest BCUT2D eigenvalue weighted by atomic mass is 127. The maximum atomic E-state index is 5.20. The summed E-state index contributed by atoms with van der Waals surface area (Å²) in [6, 6.07) is 10.9. The van der Waals surface area contributed by atoms with Crippen LogP contribution in [0, 0.1) is 19.8 Å². The molecule has 6 nitrogen and oxygen atoms in total. The van der Waals surface area contributed by atoms with Gasteiger partial charge in [-0.3, -0.25) is 4.68 Å². The van der Waals surface area contributed by atoms with Crippen molar-refractivity contribution in [1.29, 1.82) is 0 Å². The predicted molar refractivity (Wildman–Crippen MR) is 138 cm³/mol. The molecule has 2 aromatic rings. The van der Waals surface area contributed by atoms with Crippen LogP contribution in [0.15, 0.2) is 35.3 Å². The summed E-state index contributed by atoms with van der Waals surface area (Å²) in [4.78, 5) is 7.40. The van der Waals surface area contributed by atoms with Gasteiger partial charge in [0.15, 0.2) is 5.96 Å². The van der Waals surface area contributed by atoms with Gasteiger partial charge in [-0.2, -0.15) is 5.10 Å². The first-order chi connectivity index (χ1) is 14.6. The second kappa shape index (κ2) is 13.1. The van der Waals surface area contributed by atoms with Crippen LogP contribution < -0.4 is 5.32 Å². The largest absolute Gasteiger partial charge is 0.383 e. The quantitative estimate of drug-likeness (QED) is 0.311. The van der Waals surface area contributed by atoms with Crippen molar-refractivity contribution >= 4 is 29.9 Å². The molecule has 1 saturated heterocycles. The van der Waals surface area contributed by atoms with E-state index >= 15 is 0 Å². The molecule has 172 valence electrons. The Kier molecular flexibility index (Phi) is 10.8. The van der Waals surface area contributed by atoms with Crippen molar-refractivity contribution in [3.8, 4) is 0 Å². The standard InChI is InChI=1S/C24H37N5O.HI/c1-5-25-24(26-18-23-19(2)27-29(20(23)3)15-16-30-4)28-13-11-22(12-14-28)17-21-9-7-6-8-10-21;/h6-10,22H,5,11-18H2,1-4H3,(H,25,26);1H. The lowest BCUT2D eigenvalue weighted by Gasteiger charge is -2.34. The van der Waals surface area contributed by atoms with E-state index in [1.807, 2.05) is 4.68 Å². The molecular formula is C24H38IN5O. The van der Waals surface area contributed by atoms with Crippen LogP contribution >= 0.6 is 24.0 Å². The summed E-state index contributed by atoms with van der Waals surface area (Å²) >= 11 is 0. The normalized spacial score (nSPS) is 15.1. The number of hydrogen-bond donors (Lipinski definition) is 1. The second-order valence-electron chi connectivity index (χ2n) is 8.16. The Labute approximate surface area is 204 Å². The number of hydrogen-bond acceptors (Lipinski definition) is 3. The monoisotopic (exact) mass is 539 g/mol. The van der Waals surface area contributed by atoms with Crippen molar-refractivity contribution in [3.05, 3.63) is 52.8 Å². The zero-order chi connectivity index (χ0) is 21.3. The number of aliphatic imine (C=N–C) groups is 1. The van der Waals surface area contributed by atoms with E-state index in [4.69, 9.17) is 9.73 Å². The Bertz CT molecular complexity index is 813. The van der Waals surface area contributed by atoms with Gasteiger partial charge in [0.05, 0.1) is 25.4 Å². The third-order valence-corrected chi connectivity index (χ3v) is 6.04. The molecule has 31 heavy (non-hydrogen) atoms. The fraction of sp³-hybridized carbons (Fsp3) is 0.583. The van der Waals surface area contributed by atoms with Gasteiger partial charge in [0, 0.05) is 38.0 Å². The number of aromatic nitrogens is 2. The molecule has 0 saturated carbocycles. The van der Waals surface area contributed by atoms with Crippen molar-refractivity contribution in [2.75, 3.05) is 33.4 Å².